The third kappa shape index (κ3) is 3.77. The normalized spacial score (nSPS) is 12.8. The molecule has 88 valence electrons. The first-order chi connectivity index (χ1) is 7.33. The maximum absolute atomic E-state index is 6.10. The number of nitrogens with one attached hydrogen (secondary N) is 1. The van der Waals surface area contributed by atoms with Gasteiger partial charge in [-0.3, -0.25) is 4.99 Å². The van der Waals surface area contributed by atoms with E-state index < -0.39 is 0 Å². The van der Waals surface area contributed by atoms with E-state index in [1.165, 1.54) is 0 Å². The van der Waals surface area contributed by atoms with Crippen molar-refractivity contribution in [3.63, 3.8) is 0 Å². The van der Waals surface area contributed by atoms with Gasteiger partial charge in [-0.2, -0.15) is 0 Å². The van der Waals surface area contributed by atoms with Crippen LogP contribution in [0.2, 0.25) is 5.02 Å². The molecule has 0 spiro atoms. The van der Waals surface area contributed by atoms with Gasteiger partial charge in [0.1, 0.15) is 5.84 Å². The summed E-state index contributed by atoms with van der Waals surface area (Å²) in [7, 11) is 0. The number of halogens is 2. The second-order valence-electron chi connectivity index (χ2n) is 4.40. The number of aliphatic imine (C=N–C) groups is 1. The van der Waals surface area contributed by atoms with Crippen LogP contribution in [0.3, 0.4) is 0 Å². The lowest BCUT2D eigenvalue weighted by Crippen LogP contribution is -2.33. The summed E-state index contributed by atoms with van der Waals surface area (Å²) in [5.41, 5.74) is 3.16. The highest BCUT2D eigenvalue weighted by atomic mass is 79.9. The Balaban J connectivity index is 3.24. The highest BCUT2D eigenvalue weighted by molar-refractivity contribution is 9.10. The molecule has 0 atom stereocenters. The van der Waals surface area contributed by atoms with E-state index >= 15 is 0 Å². The molecule has 1 rings (SSSR count). The quantitative estimate of drug-likeness (QED) is 0.362. The van der Waals surface area contributed by atoms with Crippen LogP contribution in [0.1, 0.15) is 26.3 Å². The molecule has 0 saturated heterocycles. The summed E-state index contributed by atoms with van der Waals surface area (Å²) < 4.78 is 0.934. The molecule has 0 aliphatic carbocycles. The van der Waals surface area contributed by atoms with Gasteiger partial charge < -0.3 is 5.43 Å². The Bertz CT molecular complexity index is 410. The number of hydrogen-bond acceptors (Lipinski definition) is 2. The summed E-state index contributed by atoms with van der Waals surface area (Å²) >= 11 is 9.49. The van der Waals surface area contributed by atoms with Crippen molar-refractivity contribution >= 4 is 33.4 Å². The topological polar surface area (TPSA) is 50.4 Å². The Morgan fingerprint density at radius 1 is 1.44 bits per heavy atom. The molecule has 3 nitrogen and oxygen atoms in total. The van der Waals surface area contributed by atoms with Gasteiger partial charge in [0, 0.05) is 10.0 Å². The third-order valence-corrected chi connectivity index (χ3v) is 2.59. The average Bonchev–Trinajstić information content (AvgIpc) is 2.17. The molecule has 0 bridgehead atoms. The van der Waals surface area contributed by atoms with Crippen molar-refractivity contribution in [2.75, 3.05) is 0 Å². The molecule has 0 aliphatic rings. The van der Waals surface area contributed by atoms with Crippen molar-refractivity contribution in [2.24, 2.45) is 10.8 Å². The zero-order valence-corrected chi connectivity index (χ0v) is 11.9. The summed E-state index contributed by atoms with van der Waals surface area (Å²) in [4.78, 5) is 4.47. The number of hydrogen-bond donors (Lipinski definition) is 2. The Morgan fingerprint density at radius 3 is 2.56 bits per heavy atom. The lowest BCUT2D eigenvalue weighted by Gasteiger charge is -2.16. The van der Waals surface area contributed by atoms with Gasteiger partial charge in [-0.25, -0.2) is 5.84 Å². The highest BCUT2D eigenvalue weighted by Crippen LogP contribution is 2.22. The molecule has 3 N–H and O–H groups in total. The van der Waals surface area contributed by atoms with E-state index in [0.717, 1.165) is 10.0 Å². The fourth-order valence-electron chi connectivity index (χ4n) is 1.18. The SMILES string of the molecule is CC(C)(C)N=C(NN)c1cc(Br)ccc1Cl. The number of amidine groups is 1. The van der Waals surface area contributed by atoms with Crippen molar-refractivity contribution in [3.05, 3.63) is 33.3 Å². The van der Waals surface area contributed by atoms with Crippen LogP contribution in [-0.2, 0) is 0 Å². The molecule has 1 aromatic carbocycles. The Kier molecular flexibility index (Phi) is 4.35. The van der Waals surface area contributed by atoms with Crippen molar-refractivity contribution in [3.8, 4) is 0 Å². The number of rotatable bonds is 1. The van der Waals surface area contributed by atoms with E-state index in [0.29, 0.717) is 10.9 Å². The van der Waals surface area contributed by atoms with Crippen LogP contribution >= 0.6 is 27.5 Å². The van der Waals surface area contributed by atoms with Crippen molar-refractivity contribution in [1.29, 1.82) is 0 Å². The Morgan fingerprint density at radius 2 is 2.06 bits per heavy atom. The first-order valence-electron chi connectivity index (χ1n) is 4.85. The van der Waals surface area contributed by atoms with Crippen molar-refractivity contribution in [1.82, 2.24) is 5.43 Å². The van der Waals surface area contributed by atoms with Crippen molar-refractivity contribution in [2.45, 2.75) is 26.3 Å². The summed E-state index contributed by atoms with van der Waals surface area (Å²) in [6, 6.07) is 5.56. The molecule has 0 amide bonds. The monoisotopic (exact) mass is 303 g/mol. The van der Waals surface area contributed by atoms with E-state index in [2.05, 4.69) is 26.3 Å². The van der Waals surface area contributed by atoms with Gasteiger partial charge in [0.05, 0.1) is 10.6 Å². The molecule has 5 heteroatoms. The first kappa shape index (κ1) is 13.5. The van der Waals surface area contributed by atoms with Gasteiger partial charge in [0.15, 0.2) is 0 Å². The zero-order valence-electron chi connectivity index (χ0n) is 9.51. The molecule has 0 saturated carbocycles. The van der Waals surface area contributed by atoms with E-state index in [9.17, 15) is 0 Å². The number of hydrazine groups is 1. The highest BCUT2D eigenvalue weighted by Gasteiger charge is 2.13. The van der Waals surface area contributed by atoms with E-state index in [1.807, 2.05) is 32.9 Å². The molecule has 16 heavy (non-hydrogen) atoms. The van der Waals surface area contributed by atoms with Crippen LogP contribution in [0.15, 0.2) is 27.7 Å². The summed E-state index contributed by atoms with van der Waals surface area (Å²) in [5.74, 6) is 6.06. The minimum absolute atomic E-state index is 0.215. The van der Waals surface area contributed by atoms with Crippen LogP contribution in [0, 0.1) is 0 Å². The average molecular weight is 305 g/mol. The van der Waals surface area contributed by atoms with Gasteiger partial charge in [-0.05, 0) is 39.0 Å². The van der Waals surface area contributed by atoms with E-state index in [1.54, 1.807) is 6.07 Å². The summed E-state index contributed by atoms with van der Waals surface area (Å²) in [5, 5.41) is 0.615. The zero-order chi connectivity index (χ0) is 12.3. The van der Waals surface area contributed by atoms with Crippen LogP contribution in [-0.4, -0.2) is 11.4 Å². The predicted molar refractivity (Wildman–Crippen MR) is 72.8 cm³/mol. The molecule has 0 radical (unpaired) electrons. The molecule has 0 aromatic heterocycles. The van der Waals surface area contributed by atoms with Crippen LogP contribution < -0.4 is 11.3 Å². The standard InChI is InChI=1S/C11H15BrClN3/c1-11(2,3)15-10(16-14)8-6-7(12)4-5-9(8)13/h4-6H,14H2,1-3H3,(H,15,16). The Hall–Kier alpha value is -0.580. The van der Waals surface area contributed by atoms with Crippen LogP contribution in [0.4, 0.5) is 0 Å². The second-order valence-corrected chi connectivity index (χ2v) is 5.72. The van der Waals surface area contributed by atoms with Gasteiger partial charge >= 0.3 is 0 Å². The summed E-state index contributed by atoms with van der Waals surface area (Å²) in [6.45, 7) is 5.99. The minimum Gasteiger partial charge on any atom is -0.308 e. The van der Waals surface area contributed by atoms with Crippen LogP contribution in [0.5, 0.6) is 0 Å². The molecular weight excluding hydrogens is 289 g/mol. The fourth-order valence-corrected chi connectivity index (χ4v) is 1.75. The minimum atomic E-state index is -0.215. The van der Waals surface area contributed by atoms with Gasteiger partial charge in [0.25, 0.3) is 0 Å². The third-order valence-electron chi connectivity index (χ3n) is 1.77. The lowest BCUT2D eigenvalue weighted by molar-refractivity contribution is 0.580. The van der Waals surface area contributed by atoms with Gasteiger partial charge in [-0.1, -0.05) is 27.5 Å². The number of benzene rings is 1. The van der Waals surface area contributed by atoms with Crippen LogP contribution in [0.25, 0.3) is 0 Å². The molecular formula is C11H15BrClN3. The van der Waals surface area contributed by atoms with Gasteiger partial charge in [0.2, 0.25) is 0 Å². The number of nitrogens with zero attached hydrogens (tertiary/aromatic N) is 1. The first-order valence-corrected chi connectivity index (χ1v) is 6.02. The van der Waals surface area contributed by atoms with Gasteiger partial charge in [-0.15, -0.1) is 0 Å². The molecule has 1 aromatic rings. The largest absolute Gasteiger partial charge is 0.308 e. The maximum Gasteiger partial charge on any atom is 0.144 e. The van der Waals surface area contributed by atoms with E-state index in [4.69, 9.17) is 17.4 Å². The van der Waals surface area contributed by atoms with Crippen molar-refractivity contribution < 1.29 is 0 Å². The molecule has 0 heterocycles. The molecule has 0 aliphatic heterocycles. The fraction of sp³-hybridized carbons (Fsp3) is 0.364. The maximum atomic E-state index is 6.10. The van der Waals surface area contributed by atoms with E-state index in [-0.39, 0.29) is 5.54 Å². The smallest absolute Gasteiger partial charge is 0.144 e. The predicted octanol–water partition coefficient (Wildman–Crippen LogP) is 3.11. The lowest BCUT2D eigenvalue weighted by atomic mass is 10.1. The summed E-state index contributed by atoms with van der Waals surface area (Å²) in [6.07, 6.45) is 0. The molecule has 0 fully saturated rings. The molecule has 0 unspecified atom stereocenters. The Labute approximate surface area is 109 Å². The number of nitrogens with two attached hydrogens (primary N) is 1. The second kappa shape index (κ2) is 5.17.